The second kappa shape index (κ2) is 8.19. The first-order valence-corrected chi connectivity index (χ1v) is 9.80. The highest BCUT2D eigenvalue weighted by molar-refractivity contribution is 5.91. The fourth-order valence-electron chi connectivity index (χ4n) is 3.79. The largest absolute Gasteiger partial charge is 0.465 e. The van der Waals surface area contributed by atoms with Crippen LogP contribution in [-0.2, 0) is 4.74 Å². The van der Waals surface area contributed by atoms with Crippen LogP contribution in [0.15, 0.2) is 47.5 Å². The highest BCUT2D eigenvalue weighted by atomic mass is 19.1. The van der Waals surface area contributed by atoms with Gasteiger partial charge in [0.2, 0.25) is 0 Å². The highest BCUT2D eigenvalue weighted by Crippen LogP contribution is 2.40. The Morgan fingerprint density at radius 2 is 1.93 bits per heavy atom. The van der Waals surface area contributed by atoms with Gasteiger partial charge in [0, 0.05) is 29.6 Å². The molecule has 5 heteroatoms. The number of esters is 1. The van der Waals surface area contributed by atoms with Crippen LogP contribution in [-0.4, -0.2) is 31.4 Å². The molecule has 3 rings (SSSR count). The lowest BCUT2D eigenvalue weighted by Crippen LogP contribution is -2.45. The van der Waals surface area contributed by atoms with Crippen LogP contribution in [0.25, 0.3) is 5.57 Å². The van der Waals surface area contributed by atoms with Gasteiger partial charge in [-0.25, -0.2) is 9.18 Å². The molecule has 0 bridgehead atoms. The Morgan fingerprint density at radius 1 is 1.24 bits per heavy atom. The van der Waals surface area contributed by atoms with E-state index in [1.807, 2.05) is 6.07 Å². The van der Waals surface area contributed by atoms with Crippen molar-refractivity contribution in [2.45, 2.75) is 39.7 Å². The van der Waals surface area contributed by atoms with Crippen molar-refractivity contribution < 1.29 is 13.9 Å². The van der Waals surface area contributed by atoms with Crippen molar-refractivity contribution >= 4 is 29.1 Å². The topological polar surface area (TPSA) is 41.9 Å². The van der Waals surface area contributed by atoms with Gasteiger partial charge in [0.25, 0.3) is 0 Å². The van der Waals surface area contributed by atoms with E-state index in [1.54, 1.807) is 30.3 Å². The molecule has 1 aliphatic heterocycles. The number of rotatable bonds is 5. The summed E-state index contributed by atoms with van der Waals surface area (Å²) >= 11 is 0. The predicted octanol–water partition coefficient (Wildman–Crippen LogP) is 5.77. The van der Waals surface area contributed by atoms with Crippen LogP contribution in [0, 0.1) is 5.82 Å². The number of benzene rings is 2. The van der Waals surface area contributed by atoms with Crippen molar-refractivity contribution in [3.05, 3.63) is 65.0 Å². The van der Waals surface area contributed by atoms with Gasteiger partial charge in [-0.2, -0.15) is 0 Å². The van der Waals surface area contributed by atoms with E-state index in [9.17, 15) is 9.18 Å². The molecule has 0 aromatic heterocycles. The summed E-state index contributed by atoms with van der Waals surface area (Å²) in [4.78, 5) is 18.1. The molecule has 0 atom stereocenters. The third kappa shape index (κ3) is 4.24. The van der Waals surface area contributed by atoms with Gasteiger partial charge in [0.1, 0.15) is 5.82 Å². The molecule has 0 spiro atoms. The summed E-state index contributed by atoms with van der Waals surface area (Å²) in [6.07, 6.45) is 4.75. The Labute approximate surface area is 171 Å². The lowest BCUT2D eigenvalue weighted by atomic mass is 9.87. The molecule has 0 amide bonds. The van der Waals surface area contributed by atoms with Crippen molar-refractivity contribution in [1.29, 1.82) is 0 Å². The van der Waals surface area contributed by atoms with E-state index in [1.165, 1.54) is 13.3 Å². The van der Waals surface area contributed by atoms with E-state index < -0.39 is 5.97 Å². The first-order chi connectivity index (χ1) is 13.8. The highest BCUT2D eigenvalue weighted by Gasteiger charge is 2.31. The van der Waals surface area contributed by atoms with Crippen molar-refractivity contribution in [2.24, 2.45) is 4.99 Å². The molecular formula is C24H27FN2O2. The SMILES string of the molecule is CCCN1c2cc(F)c(C=Nc3ccc(C(=O)OC)cc3)cc2C(C)=CC1(C)C. The Balaban J connectivity index is 1.93. The molecule has 0 saturated heterocycles. The number of aliphatic imine (C=N–C) groups is 1. The van der Waals surface area contributed by atoms with Gasteiger partial charge < -0.3 is 9.64 Å². The smallest absolute Gasteiger partial charge is 0.337 e. The Bertz CT molecular complexity index is 975. The predicted molar refractivity (Wildman–Crippen MR) is 117 cm³/mol. The number of nitrogens with zero attached hydrogens (tertiary/aromatic N) is 2. The van der Waals surface area contributed by atoms with Gasteiger partial charge in [-0.3, -0.25) is 4.99 Å². The van der Waals surface area contributed by atoms with E-state index >= 15 is 0 Å². The summed E-state index contributed by atoms with van der Waals surface area (Å²) in [5.74, 6) is -0.701. The Kier molecular flexibility index (Phi) is 5.87. The third-order valence-corrected chi connectivity index (χ3v) is 5.18. The first kappa shape index (κ1) is 20.8. The summed E-state index contributed by atoms with van der Waals surface area (Å²) in [6.45, 7) is 9.36. The maximum atomic E-state index is 14.9. The lowest BCUT2D eigenvalue weighted by molar-refractivity contribution is 0.0601. The molecule has 0 saturated carbocycles. The quantitative estimate of drug-likeness (QED) is 0.477. The van der Waals surface area contributed by atoms with E-state index in [4.69, 9.17) is 0 Å². The zero-order valence-corrected chi connectivity index (χ0v) is 17.6. The van der Waals surface area contributed by atoms with Crippen molar-refractivity contribution in [3.8, 4) is 0 Å². The molecule has 0 radical (unpaired) electrons. The molecule has 2 aromatic carbocycles. The van der Waals surface area contributed by atoms with Crippen molar-refractivity contribution in [1.82, 2.24) is 0 Å². The molecule has 4 nitrogen and oxygen atoms in total. The molecule has 0 N–H and O–H groups in total. The second-order valence-corrected chi connectivity index (χ2v) is 7.82. The van der Waals surface area contributed by atoms with E-state index in [-0.39, 0.29) is 11.4 Å². The summed E-state index contributed by atoms with van der Waals surface area (Å²) < 4.78 is 19.6. The van der Waals surface area contributed by atoms with Gasteiger partial charge in [-0.15, -0.1) is 0 Å². The zero-order valence-electron chi connectivity index (χ0n) is 17.6. The van der Waals surface area contributed by atoms with Crippen LogP contribution in [0.5, 0.6) is 0 Å². The number of anilines is 1. The molecule has 1 aliphatic rings. The van der Waals surface area contributed by atoms with E-state index in [0.717, 1.165) is 29.8 Å². The second-order valence-electron chi connectivity index (χ2n) is 7.82. The third-order valence-electron chi connectivity index (χ3n) is 5.18. The number of carbonyl (C=O) groups is 1. The van der Waals surface area contributed by atoms with Crippen LogP contribution in [0.1, 0.15) is 55.6 Å². The number of hydrogen-bond donors (Lipinski definition) is 0. The minimum Gasteiger partial charge on any atom is -0.465 e. The standard InChI is InChI=1S/C24H27FN2O2/c1-6-11-27-22-13-21(25)18(12-20(22)16(2)14-24(27,3)4)15-26-19-9-7-17(8-10-19)23(28)29-5/h7-10,12-15H,6,11H2,1-5H3. The molecule has 29 heavy (non-hydrogen) atoms. The van der Waals surface area contributed by atoms with Gasteiger partial charge in [-0.1, -0.05) is 13.0 Å². The fraction of sp³-hybridized carbons (Fsp3) is 0.333. The Hall–Kier alpha value is -2.95. The van der Waals surface area contributed by atoms with Crippen LogP contribution in [0.3, 0.4) is 0 Å². The van der Waals surface area contributed by atoms with E-state index in [0.29, 0.717) is 16.8 Å². The number of halogens is 1. The van der Waals surface area contributed by atoms with E-state index in [2.05, 4.69) is 48.4 Å². The minimum absolute atomic E-state index is 0.156. The molecular weight excluding hydrogens is 367 g/mol. The fourth-order valence-corrected chi connectivity index (χ4v) is 3.79. The molecule has 2 aromatic rings. The number of ether oxygens (including phenoxy) is 1. The van der Waals surface area contributed by atoms with Crippen LogP contribution >= 0.6 is 0 Å². The lowest BCUT2D eigenvalue weighted by Gasteiger charge is -2.43. The van der Waals surface area contributed by atoms with Crippen molar-refractivity contribution in [2.75, 3.05) is 18.6 Å². The maximum Gasteiger partial charge on any atom is 0.337 e. The molecule has 0 unspecified atom stereocenters. The number of carbonyl (C=O) groups excluding carboxylic acids is 1. The average Bonchev–Trinajstić information content (AvgIpc) is 2.69. The normalized spacial score (nSPS) is 15.2. The van der Waals surface area contributed by atoms with Gasteiger partial charge >= 0.3 is 5.97 Å². The molecule has 0 fully saturated rings. The summed E-state index contributed by atoms with van der Waals surface area (Å²) in [6, 6.07) is 10.2. The summed E-state index contributed by atoms with van der Waals surface area (Å²) in [5, 5.41) is 0. The minimum atomic E-state index is -0.400. The average molecular weight is 394 g/mol. The Morgan fingerprint density at radius 3 is 2.55 bits per heavy atom. The van der Waals surface area contributed by atoms with Gasteiger partial charge in [0.05, 0.1) is 23.9 Å². The number of fused-ring (bicyclic) bond motifs is 1. The van der Waals surface area contributed by atoms with Gasteiger partial charge in [-0.05, 0) is 69.2 Å². The van der Waals surface area contributed by atoms with Crippen LogP contribution in [0.4, 0.5) is 15.8 Å². The molecule has 0 aliphatic carbocycles. The van der Waals surface area contributed by atoms with Gasteiger partial charge in [0.15, 0.2) is 0 Å². The van der Waals surface area contributed by atoms with Crippen molar-refractivity contribution in [3.63, 3.8) is 0 Å². The zero-order chi connectivity index (χ0) is 21.2. The summed E-state index contributed by atoms with van der Waals surface area (Å²) in [5.41, 5.74) is 4.45. The molecule has 1 heterocycles. The number of hydrogen-bond acceptors (Lipinski definition) is 4. The monoisotopic (exact) mass is 394 g/mol. The maximum absolute atomic E-state index is 14.9. The number of allylic oxidation sites excluding steroid dienone is 1. The molecule has 152 valence electrons. The van der Waals surface area contributed by atoms with Crippen LogP contribution in [0.2, 0.25) is 0 Å². The van der Waals surface area contributed by atoms with Crippen LogP contribution < -0.4 is 4.90 Å². The number of methoxy groups -OCH3 is 1. The first-order valence-electron chi connectivity index (χ1n) is 9.80. The summed E-state index contributed by atoms with van der Waals surface area (Å²) in [7, 11) is 1.34.